The van der Waals surface area contributed by atoms with E-state index in [1.165, 1.54) is 15.3 Å². The largest absolute Gasteiger partial charge is 0.352 e. The van der Waals surface area contributed by atoms with E-state index in [0.29, 0.717) is 16.6 Å². The van der Waals surface area contributed by atoms with Crippen molar-refractivity contribution < 1.29 is 22.4 Å². The van der Waals surface area contributed by atoms with Gasteiger partial charge in [-0.25, -0.2) is 12.8 Å². The van der Waals surface area contributed by atoms with Crippen molar-refractivity contribution in [2.75, 3.05) is 10.8 Å². The average Bonchev–Trinajstić information content (AvgIpc) is 3.10. The zero-order valence-electron chi connectivity index (χ0n) is 21.3. The highest BCUT2D eigenvalue weighted by Crippen LogP contribution is 2.42. The van der Waals surface area contributed by atoms with Gasteiger partial charge in [0.15, 0.2) is 0 Å². The second-order valence-electron chi connectivity index (χ2n) is 9.42. The number of nitrogens with zero attached hydrogens (tertiary/aromatic N) is 2. The number of amides is 2. The van der Waals surface area contributed by atoms with Crippen LogP contribution in [0.25, 0.3) is 10.8 Å². The van der Waals surface area contributed by atoms with Gasteiger partial charge < -0.3 is 10.2 Å². The predicted molar refractivity (Wildman–Crippen MR) is 142 cm³/mol. The fourth-order valence-corrected chi connectivity index (χ4v) is 6.32. The molecule has 1 aliphatic rings. The molecule has 0 spiro atoms. The Morgan fingerprint density at radius 3 is 2.43 bits per heavy atom. The fraction of sp³-hybridized carbons (Fsp3) is 0.357. The molecule has 9 heteroatoms. The summed E-state index contributed by atoms with van der Waals surface area (Å²) in [6, 6.07) is 15.9. The number of nitrogens with one attached hydrogen (secondary N) is 1. The van der Waals surface area contributed by atoms with Crippen LogP contribution in [0, 0.1) is 5.82 Å². The molecule has 0 aromatic heterocycles. The summed E-state index contributed by atoms with van der Waals surface area (Å²) in [6.07, 6.45) is 0.989. The minimum atomic E-state index is -3.72. The number of carbonyl (C=O) groups is 2. The van der Waals surface area contributed by atoms with Gasteiger partial charge in [-0.05, 0) is 50.3 Å². The van der Waals surface area contributed by atoms with E-state index in [-0.39, 0.29) is 48.7 Å². The summed E-state index contributed by atoms with van der Waals surface area (Å²) in [7, 11) is -3.72. The van der Waals surface area contributed by atoms with Crippen LogP contribution in [-0.2, 0) is 26.2 Å². The van der Waals surface area contributed by atoms with E-state index in [1.54, 1.807) is 43.3 Å². The van der Waals surface area contributed by atoms with Crippen molar-refractivity contribution in [1.29, 1.82) is 0 Å². The van der Waals surface area contributed by atoms with E-state index in [4.69, 9.17) is 0 Å². The van der Waals surface area contributed by atoms with Crippen molar-refractivity contribution in [1.82, 2.24) is 10.2 Å². The van der Waals surface area contributed by atoms with Crippen molar-refractivity contribution >= 4 is 38.3 Å². The third-order valence-electron chi connectivity index (χ3n) is 6.90. The van der Waals surface area contributed by atoms with E-state index in [0.717, 1.165) is 11.8 Å². The molecule has 0 saturated carbocycles. The first kappa shape index (κ1) is 26.6. The topological polar surface area (TPSA) is 86.8 Å². The molecule has 2 atom stereocenters. The van der Waals surface area contributed by atoms with Gasteiger partial charge in [0.05, 0.1) is 10.6 Å². The molecule has 0 unspecified atom stereocenters. The summed E-state index contributed by atoms with van der Waals surface area (Å²) in [4.78, 5) is 27.8. The standard InChI is InChI=1S/C28H32FN3O4S/c1-4-19(2)30-28(34)20(3)31(18-22-10-5-6-13-23(22)29)26(33)16-9-17-32-24-14-7-11-21-12-8-15-25(27(21)24)37(32,35)36/h5-8,10-15,19-20H,4,9,16-18H2,1-3H3,(H,30,34)/t19-,20-/m1/s1. The van der Waals surface area contributed by atoms with Crippen molar-refractivity contribution in [3.63, 3.8) is 0 Å². The Bertz CT molecular complexity index is 1420. The Morgan fingerprint density at radius 2 is 1.73 bits per heavy atom. The molecule has 1 aliphatic heterocycles. The van der Waals surface area contributed by atoms with E-state index in [9.17, 15) is 22.4 Å². The second-order valence-corrected chi connectivity index (χ2v) is 11.2. The van der Waals surface area contributed by atoms with Crippen LogP contribution in [0.1, 0.15) is 45.6 Å². The third-order valence-corrected chi connectivity index (χ3v) is 8.76. The van der Waals surface area contributed by atoms with Gasteiger partial charge >= 0.3 is 0 Å². The molecule has 4 rings (SSSR count). The lowest BCUT2D eigenvalue weighted by Crippen LogP contribution is -2.49. The monoisotopic (exact) mass is 525 g/mol. The molecule has 1 N–H and O–H groups in total. The number of rotatable bonds is 10. The SMILES string of the molecule is CC[C@@H](C)NC(=O)[C@@H](C)N(Cc1ccccc1F)C(=O)CCCN1c2cccc3cccc(c23)S1(=O)=O. The number of hydrogen-bond donors (Lipinski definition) is 1. The van der Waals surface area contributed by atoms with E-state index < -0.39 is 21.9 Å². The average molecular weight is 526 g/mol. The molecule has 0 aliphatic carbocycles. The summed E-state index contributed by atoms with van der Waals surface area (Å²) in [5.41, 5.74) is 0.911. The van der Waals surface area contributed by atoms with Gasteiger partial charge in [-0.3, -0.25) is 13.9 Å². The van der Waals surface area contributed by atoms with Crippen molar-refractivity contribution in [3.05, 3.63) is 72.0 Å². The predicted octanol–water partition coefficient (Wildman–Crippen LogP) is 4.60. The van der Waals surface area contributed by atoms with Gasteiger partial charge in [-0.15, -0.1) is 0 Å². The number of carbonyl (C=O) groups excluding carboxylic acids is 2. The Balaban J connectivity index is 1.50. The smallest absolute Gasteiger partial charge is 0.265 e. The van der Waals surface area contributed by atoms with Crippen molar-refractivity contribution in [2.24, 2.45) is 0 Å². The van der Waals surface area contributed by atoms with E-state index in [1.807, 2.05) is 32.0 Å². The minimum Gasteiger partial charge on any atom is -0.352 e. The molecule has 3 aromatic rings. The number of hydrogen-bond acceptors (Lipinski definition) is 4. The van der Waals surface area contributed by atoms with Gasteiger partial charge in [0.2, 0.25) is 11.8 Å². The van der Waals surface area contributed by atoms with Gasteiger partial charge in [-0.2, -0.15) is 0 Å². The normalized spacial score (nSPS) is 15.4. The zero-order valence-corrected chi connectivity index (χ0v) is 22.1. The highest BCUT2D eigenvalue weighted by Gasteiger charge is 2.35. The summed E-state index contributed by atoms with van der Waals surface area (Å²) in [6.45, 7) is 5.50. The minimum absolute atomic E-state index is 0.00768. The first-order valence-electron chi connectivity index (χ1n) is 12.5. The van der Waals surface area contributed by atoms with E-state index in [2.05, 4.69) is 5.32 Å². The quantitative estimate of drug-likeness (QED) is 0.419. The van der Waals surface area contributed by atoms with Crippen LogP contribution in [0.15, 0.2) is 65.6 Å². The second kappa shape index (κ2) is 10.9. The number of sulfonamides is 1. The molecular weight excluding hydrogens is 493 g/mol. The molecular formula is C28H32FN3O4S. The lowest BCUT2D eigenvalue weighted by Gasteiger charge is -2.30. The molecule has 0 fully saturated rings. The van der Waals surface area contributed by atoms with Crippen LogP contribution < -0.4 is 9.62 Å². The fourth-order valence-electron chi connectivity index (χ4n) is 4.57. The van der Waals surface area contributed by atoms with Gasteiger partial charge in [0.1, 0.15) is 11.9 Å². The van der Waals surface area contributed by atoms with Crippen LogP contribution in [0.4, 0.5) is 10.1 Å². The van der Waals surface area contributed by atoms with Crippen LogP contribution in [0.2, 0.25) is 0 Å². The summed E-state index contributed by atoms with van der Waals surface area (Å²) >= 11 is 0. The molecule has 1 heterocycles. The highest BCUT2D eigenvalue weighted by molar-refractivity contribution is 7.93. The first-order chi connectivity index (χ1) is 17.6. The van der Waals surface area contributed by atoms with Crippen molar-refractivity contribution in [3.8, 4) is 0 Å². The molecule has 3 aromatic carbocycles. The highest BCUT2D eigenvalue weighted by atomic mass is 32.2. The third kappa shape index (κ3) is 5.32. The van der Waals surface area contributed by atoms with Crippen LogP contribution in [0.5, 0.6) is 0 Å². The van der Waals surface area contributed by atoms with Crippen LogP contribution >= 0.6 is 0 Å². The molecule has 0 bridgehead atoms. The summed E-state index contributed by atoms with van der Waals surface area (Å²) in [5, 5.41) is 4.41. The van der Waals surface area contributed by atoms with Crippen LogP contribution in [-0.4, -0.2) is 43.8 Å². The molecule has 196 valence electrons. The van der Waals surface area contributed by atoms with E-state index >= 15 is 0 Å². The molecule has 0 saturated heterocycles. The zero-order chi connectivity index (χ0) is 26.7. The Kier molecular flexibility index (Phi) is 7.82. The number of benzene rings is 3. The maximum atomic E-state index is 14.4. The lowest BCUT2D eigenvalue weighted by molar-refractivity contribution is -0.141. The summed E-state index contributed by atoms with van der Waals surface area (Å²) < 4.78 is 42.2. The Labute approximate surface area is 217 Å². The van der Waals surface area contributed by atoms with Gasteiger partial charge in [-0.1, -0.05) is 49.4 Å². The van der Waals surface area contributed by atoms with Crippen molar-refractivity contribution in [2.45, 2.75) is 63.6 Å². The van der Waals surface area contributed by atoms with Gasteiger partial charge in [0, 0.05) is 36.5 Å². The first-order valence-corrected chi connectivity index (χ1v) is 14.0. The maximum absolute atomic E-state index is 14.4. The molecule has 37 heavy (non-hydrogen) atoms. The van der Waals surface area contributed by atoms with Gasteiger partial charge in [0.25, 0.3) is 10.0 Å². The molecule has 2 amide bonds. The van der Waals surface area contributed by atoms with Crippen LogP contribution in [0.3, 0.4) is 0 Å². The summed E-state index contributed by atoms with van der Waals surface area (Å²) in [5.74, 6) is -1.12. The Hall–Kier alpha value is -3.46. The number of halogens is 1. The lowest BCUT2D eigenvalue weighted by atomic mass is 10.1. The molecule has 0 radical (unpaired) electrons. The Morgan fingerprint density at radius 1 is 1.03 bits per heavy atom. The molecule has 7 nitrogen and oxygen atoms in total. The number of anilines is 1. The maximum Gasteiger partial charge on any atom is 0.265 e.